The number of ether oxygens (including phenoxy) is 1. The van der Waals surface area contributed by atoms with Gasteiger partial charge >= 0.3 is 11.8 Å². The van der Waals surface area contributed by atoms with Gasteiger partial charge in [0, 0.05) is 6.54 Å². The van der Waals surface area contributed by atoms with E-state index in [-0.39, 0.29) is 16.8 Å². The smallest absolute Gasteiger partial charge is 0.428 e. The van der Waals surface area contributed by atoms with Gasteiger partial charge in [0.2, 0.25) is 0 Å². The van der Waals surface area contributed by atoms with Gasteiger partial charge in [-0.25, -0.2) is 15.0 Å². The van der Waals surface area contributed by atoms with Crippen molar-refractivity contribution in [1.29, 1.82) is 0 Å². The molecule has 0 aliphatic heterocycles. The van der Waals surface area contributed by atoms with Crippen molar-refractivity contribution in [3.63, 3.8) is 0 Å². The van der Waals surface area contributed by atoms with Gasteiger partial charge in [0.25, 0.3) is 5.56 Å². The molecule has 1 amide bonds. The van der Waals surface area contributed by atoms with Crippen LogP contribution in [0.1, 0.15) is 70.2 Å². The van der Waals surface area contributed by atoms with E-state index >= 15 is 0 Å². The van der Waals surface area contributed by atoms with Gasteiger partial charge in [-0.3, -0.25) is 13.9 Å². The van der Waals surface area contributed by atoms with Gasteiger partial charge in [0.05, 0.1) is 22.0 Å². The number of rotatable bonds is 5. The van der Waals surface area contributed by atoms with E-state index in [2.05, 4.69) is 10.5 Å². The molecule has 31 heavy (non-hydrogen) atoms. The number of aromatic nitrogens is 2. The molecule has 8 nitrogen and oxygen atoms in total. The highest BCUT2D eigenvalue weighted by molar-refractivity contribution is 7.20. The van der Waals surface area contributed by atoms with Crippen molar-refractivity contribution in [2.45, 2.75) is 84.4 Å². The minimum Gasteiger partial charge on any atom is -0.443 e. The molecule has 0 bridgehead atoms. The number of thiophene rings is 1. The minimum absolute atomic E-state index is 0.207. The SMILES string of the molecule is Cc1c(C=NNC(=O)OC(C)(C)C)sc2c1c(=O)n(C1(C)CC1)c(=O)n2CC1CCC1. The van der Waals surface area contributed by atoms with E-state index in [4.69, 9.17) is 4.74 Å². The van der Waals surface area contributed by atoms with Crippen LogP contribution in [0.5, 0.6) is 0 Å². The monoisotopic (exact) mass is 446 g/mol. The van der Waals surface area contributed by atoms with Gasteiger partial charge < -0.3 is 4.74 Å². The van der Waals surface area contributed by atoms with Crippen molar-refractivity contribution >= 4 is 33.9 Å². The van der Waals surface area contributed by atoms with Crippen molar-refractivity contribution in [2.75, 3.05) is 0 Å². The molecule has 1 N–H and O–H groups in total. The average molecular weight is 447 g/mol. The summed E-state index contributed by atoms with van der Waals surface area (Å²) < 4.78 is 8.44. The lowest BCUT2D eigenvalue weighted by molar-refractivity contribution is 0.0529. The van der Waals surface area contributed by atoms with Crippen molar-refractivity contribution < 1.29 is 9.53 Å². The largest absolute Gasteiger partial charge is 0.443 e. The molecule has 0 unspecified atom stereocenters. The van der Waals surface area contributed by atoms with E-state index in [0.717, 1.165) is 36.1 Å². The highest BCUT2D eigenvalue weighted by atomic mass is 32.1. The zero-order valence-electron chi connectivity index (χ0n) is 18.8. The zero-order valence-corrected chi connectivity index (χ0v) is 19.6. The summed E-state index contributed by atoms with van der Waals surface area (Å²) in [7, 11) is 0. The first-order chi connectivity index (χ1) is 14.5. The van der Waals surface area contributed by atoms with Gasteiger partial charge in [-0.15, -0.1) is 11.3 Å². The van der Waals surface area contributed by atoms with Gasteiger partial charge in [-0.05, 0) is 71.8 Å². The van der Waals surface area contributed by atoms with Crippen molar-refractivity contribution in [2.24, 2.45) is 11.0 Å². The topological polar surface area (TPSA) is 94.7 Å². The Morgan fingerprint density at radius 2 is 2.00 bits per heavy atom. The zero-order chi connectivity index (χ0) is 22.6. The summed E-state index contributed by atoms with van der Waals surface area (Å²) in [6, 6.07) is 0. The minimum atomic E-state index is -0.645. The third-order valence-corrected chi connectivity index (χ3v) is 7.41. The Labute approximate surface area is 184 Å². The number of aryl methyl sites for hydroxylation is 1. The number of hydrogen-bond donors (Lipinski definition) is 1. The Hall–Kier alpha value is -2.42. The molecule has 2 aliphatic carbocycles. The van der Waals surface area contributed by atoms with Gasteiger partial charge in [0.1, 0.15) is 10.4 Å². The van der Waals surface area contributed by atoms with Crippen molar-refractivity contribution in [3.8, 4) is 0 Å². The molecule has 0 radical (unpaired) electrons. The highest BCUT2D eigenvalue weighted by Crippen LogP contribution is 2.41. The predicted octanol–water partition coefficient (Wildman–Crippen LogP) is 3.70. The summed E-state index contributed by atoms with van der Waals surface area (Å²) >= 11 is 1.37. The van der Waals surface area contributed by atoms with Crippen LogP contribution in [0.15, 0.2) is 14.7 Å². The summed E-state index contributed by atoms with van der Waals surface area (Å²) in [5, 5.41) is 4.58. The number of nitrogens with one attached hydrogen (secondary N) is 1. The maximum absolute atomic E-state index is 13.4. The molecule has 0 atom stereocenters. The van der Waals surface area contributed by atoms with Crippen molar-refractivity contribution in [3.05, 3.63) is 31.3 Å². The fourth-order valence-electron chi connectivity index (χ4n) is 3.91. The molecule has 168 valence electrons. The molecule has 4 rings (SSSR count). The Bertz CT molecular complexity index is 1170. The van der Waals surface area contributed by atoms with Gasteiger partial charge in [0.15, 0.2) is 0 Å². The van der Waals surface area contributed by atoms with Crippen LogP contribution in [-0.4, -0.2) is 27.0 Å². The molecule has 2 heterocycles. The van der Waals surface area contributed by atoms with E-state index in [1.54, 1.807) is 25.3 Å². The molecule has 0 saturated heterocycles. The van der Waals surface area contributed by atoms with Gasteiger partial charge in [-0.2, -0.15) is 5.10 Å². The standard InChI is InChI=1S/C22H30N4O4S/c1-13-15(11-23-24-19(28)30-21(2,3)4)31-18-16(13)17(27)26(22(5)9-10-22)20(29)25(18)12-14-7-6-8-14/h11,14H,6-10,12H2,1-5H3,(H,24,28). The number of fused-ring (bicyclic) bond motifs is 1. The second kappa shape index (κ2) is 7.62. The maximum Gasteiger partial charge on any atom is 0.428 e. The van der Waals surface area contributed by atoms with E-state index in [1.807, 2.05) is 13.8 Å². The quantitative estimate of drug-likeness (QED) is 0.560. The molecule has 2 aromatic heterocycles. The van der Waals surface area contributed by atoms with Crippen LogP contribution < -0.4 is 16.7 Å². The van der Waals surface area contributed by atoms with Crippen LogP contribution >= 0.6 is 11.3 Å². The molecule has 2 aromatic rings. The molecule has 2 fully saturated rings. The predicted molar refractivity (Wildman–Crippen MR) is 122 cm³/mol. The Balaban J connectivity index is 1.75. The van der Waals surface area contributed by atoms with Gasteiger partial charge in [-0.1, -0.05) is 6.42 Å². The highest BCUT2D eigenvalue weighted by Gasteiger charge is 2.43. The normalized spacial score (nSPS) is 18.4. The van der Waals surface area contributed by atoms with Crippen LogP contribution in [0.4, 0.5) is 4.79 Å². The maximum atomic E-state index is 13.4. The van der Waals surface area contributed by atoms with Crippen LogP contribution in [0, 0.1) is 12.8 Å². The van der Waals surface area contributed by atoms with Crippen LogP contribution in [0.2, 0.25) is 0 Å². The molecule has 2 saturated carbocycles. The first kappa shape index (κ1) is 21.8. The molecular weight excluding hydrogens is 416 g/mol. The van der Waals surface area contributed by atoms with Crippen LogP contribution in [0.25, 0.3) is 10.2 Å². The fraction of sp³-hybridized carbons (Fsp3) is 0.636. The molecule has 9 heteroatoms. The van der Waals surface area contributed by atoms with E-state index in [1.165, 1.54) is 28.5 Å². The second-order valence-electron chi connectivity index (χ2n) is 9.97. The number of nitrogens with zero attached hydrogens (tertiary/aromatic N) is 3. The molecule has 0 spiro atoms. The van der Waals surface area contributed by atoms with E-state index in [0.29, 0.717) is 22.7 Å². The average Bonchev–Trinajstić information content (AvgIpc) is 3.25. The summed E-state index contributed by atoms with van der Waals surface area (Å²) in [5.41, 5.74) is 1.71. The first-order valence-corrected chi connectivity index (χ1v) is 11.6. The number of carbonyl (C=O) groups is 1. The number of carbonyl (C=O) groups excluding carboxylic acids is 1. The number of hydrazone groups is 1. The third-order valence-electron chi connectivity index (χ3n) is 6.16. The summed E-state index contributed by atoms with van der Waals surface area (Å²) in [5.74, 6) is 0.479. The van der Waals surface area contributed by atoms with E-state index < -0.39 is 11.7 Å². The second-order valence-corrected chi connectivity index (χ2v) is 11.0. The molecule has 2 aliphatic rings. The lowest BCUT2D eigenvalue weighted by Gasteiger charge is -2.27. The van der Waals surface area contributed by atoms with Crippen LogP contribution in [-0.2, 0) is 16.8 Å². The Kier molecular flexibility index (Phi) is 5.36. The Morgan fingerprint density at radius 1 is 1.32 bits per heavy atom. The lowest BCUT2D eigenvalue weighted by Crippen LogP contribution is -2.45. The van der Waals surface area contributed by atoms with Crippen molar-refractivity contribution in [1.82, 2.24) is 14.6 Å². The summed E-state index contributed by atoms with van der Waals surface area (Å²) in [6.07, 6.45) is 5.98. The Morgan fingerprint density at radius 3 is 2.55 bits per heavy atom. The lowest BCUT2D eigenvalue weighted by atomic mass is 9.85. The third kappa shape index (κ3) is 4.20. The molecule has 0 aromatic carbocycles. The van der Waals surface area contributed by atoms with E-state index in [9.17, 15) is 14.4 Å². The number of hydrogen-bond acceptors (Lipinski definition) is 6. The fourth-order valence-corrected chi connectivity index (χ4v) is 5.08. The first-order valence-electron chi connectivity index (χ1n) is 10.8. The van der Waals surface area contributed by atoms with Crippen LogP contribution in [0.3, 0.4) is 0 Å². The number of amides is 1. The summed E-state index contributed by atoms with van der Waals surface area (Å²) in [6.45, 7) is 9.81. The summed E-state index contributed by atoms with van der Waals surface area (Å²) in [4.78, 5) is 40.0. The molecular formula is C22H30N4O4S.